The largest absolute Gasteiger partial charge is 0.383 e. The number of aromatic nitrogens is 6. The van der Waals surface area contributed by atoms with E-state index in [1.165, 1.54) is 12.4 Å². The van der Waals surface area contributed by atoms with Crippen molar-refractivity contribution in [2.75, 3.05) is 5.73 Å². The number of nitrogens with zero attached hydrogens (tertiary/aromatic N) is 5. The van der Waals surface area contributed by atoms with Gasteiger partial charge in [-0.3, -0.25) is 4.98 Å². The van der Waals surface area contributed by atoms with Crippen molar-refractivity contribution < 1.29 is 4.39 Å². The molecule has 2 unspecified atom stereocenters. The second kappa shape index (κ2) is 7.87. The number of halogens is 1. The van der Waals surface area contributed by atoms with Gasteiger partial charge in [0.05, 0.1) is 28.7 Å². The van der Waals surface area contributed by atoms with E-state index in [1.807, 2.05) is 37.5 Å². The number of hydrogen-bond acceptors (Lipinski definition) is 5. The standard InChI is InChI=1S/C27H24FN7/c1-16(21-13-31-26(34-21)27(2)10-4-3-8-22(27)28)35-14-20(23-24(29)32-15-33-25(23)35)18-7-5-6-17-9-11-30-12-19(17)18/h3-9,11-16H,10H2,1-2H3,(H,31,34)(H2,29,32,33). The molecule has 4 aromatic heterocycles. The number of nitrogens with one attached hydrogen (secondary N) is 1. The number of nitrogen functional groups attached to an aromatic ring is 1. The van der Waals surface area contributed by atoms with Gasteiger partial charge in [-0.25, -0.2) is 19.3 Å². The molecular formula is C27H24FN7. The van der Waals surface area contributed by atoms with Gasteiger partial charge in [0.1, 0.15) is 29.4 Å². The van der Waals surface area contributed by atoms with E-state index in [0.717, 1.165) is 38.6 Å². The average molecular weight is 466 g/mol. The Morgan fingerprint density at radius 3 is 2.89 bits per heavy atom. The Labute approximate surface area is 201 Å². The maximum absolute atomic E-state index is 14.7. The number of H-pyrrole nitrogens is 1. The molecule has 3 N–H and O–H groups in total. The van der Waals surface area contributed by atoms with E-state index in [0.29, 0.717) is 18.1 Å². The molecule has 174 valence electrons. The molecular weight excluding hydrogens is 441 g/mol. The lowest BCUT2D eigenvalue weighted by molar-refractivity contribution is 0.407. The van der Waals surface area contributed by atoms with E-state index in [4.69, 9.17) is 5.73 Å². The summed E-state index contributed by atoms with van der Waals surface area (Å²) in [6.07, 6.45) is 14.7. The SMILES string of the molecule is CC(c1cnc(C2(C)CC=CC=C2F)[nH]1)n1cc(-c2cccc3ccncc23)c2c(N)ncnc21. The maximum Gasteiger partial charge on any atom is 0.146 e. The molecule has 5 aromatic rings. The van der Waals surface area contributed by atoms with Gasteiger partial charge in [-0.2, -0.15) is 0 Å². The van der Waals surface area contributed by atoms with Crippen molar-refractivity contribution in [3.8, 4) is 11.1 Å². The molecule has 1 aliphatic rings. The number of aromatic amines is 1. The van der Waals surface area contributed by atoms with Gasteiger partial charge in [0.15, 0.2) is 0 Å². The summed E-state index contributed by atoms with van der Waals surface area (Å²) < 4.78 is 16.8. The van der Waals surface area contributed by atoms with Gasteiger partial charge < -0.3 is 15.3 Å². The first kappa shape index (κ1) is 21.2. The Morgan fingerprint density at radius 2 is 2.03 bits per heavy atom. The minimum absolute atomic E-state index is 0.162. The summed E-state index contributed by atoms with van der Waals surface area (Å²) in [5.74, 6) is 0.812. The Bertz CT molecular complexity index is 1640. The summed E-state index contributed by atoms with van der Waals surface area (Å²) in [4.78, 5) is 21.1. The predicted molar refractivity (Wildman–Crippen MR) is 135 cm³/mol. The van der Waals surface area contributed by atoms with Crippen LogP contribution in [0.4, 0.5) is 10.2 Å². The van der Waals surface area contributed by atoms with Crippen molar-refractivity contribution in [3.63, 3.8) is 0 Å². The van der Waals surface area contributed by atoms with E-state index in [-0.39, 0.29) is 11.9 Å². The van der Waals surface area contributed by atoms with Crippen LogP contribution in [0.15, 0.2) is 79.4 Å². The van der Waals surface area contributed by atoms with E-state index in [1.54, 1.807) is 18.5 Å². The molecule has 7 nitrogen and oxygen atoms in total. The third kappa shape index (κ3) is 3.24. The second-order valence-electron chi connectivity index (χ2n) is 9.15. The number of pyridine rings is 1. The number of nitrogens with two attached hydrogens (primary N) is 1. The predicted octanol–water partition coefficient (Wildman–Crippen LogP) is 5.63. The maximum atomic E-state index is 14.7. The number of rotatable bonds is 4. The van der Waals surface area contributed by atoms with Crippen LogP contribution in [0.5, 0.6) is 0 Å². The van der Waals surface area contributed by atoms with Gasteiger partial charge in [-0.05, 0) is 43.4 Å². The van der Waals surface area contributed by atoms with Crippen molar-refractivity contribution in [1.29, 1.82) is 0 Å². The molecule has 35 heavy (non-hydrogen) atoms. The number of anilines is 1. The van der Waals surface area contributed by atoms with Crippen molar-refractivity contribution >= 4 is 27.6 Å². The zero-order valence-corrected chi connectivity index (χ0v) is 19.4. The summed E-state index contributed by atoms with van der Waals surface area (Å²) in [5, 5.41) is 2.90. The molecule has 0 bridgehead atoms. The Balaban J connectivity index is 1.49. The average Bonchev–Trinajstić information content (AvgIpc) is 3.52. The Morgan fingerprint density at radius 1 is 1.14 bits per heavy atom. The molecule has 0 spiro atoms. The van der Waals surface area contributed by atoms with E-state index in [9.17, 15) is 4.39 Å². The van der Waals surface area contributed by atoms with Gasteiger partial charge >= 0.3 is 0 Å². The molecule has 1 aromatic carbocycles. The molecule has 0 aliphatic heterocycles. The lowest BCUT2D eigenvalue weighted by Crippen LogP contribution is -2.25. The normalized spacial score (nSPS) is 18.8. The van der Waals surface area contributed by atoms with Gasteiger partial charge in [-0.15, -0.1) is 0 Å². The van der Waals surface area contributed by atoms with Crippen LogP contribution in [-0.2, 0) is 5.41 Å². The third-order valence-electron chi connectivity index (χ3n) is 7.03. The molecule has 0 radical (unpaired) electrons. The molecule has 0 fully saturated rings. The van der Waals surface area contributed by atoms with Crippen molar-refractivity contribution in [2.45, 2.75) is 31.7 Å². The zero-order valence-electron chi connectivity index (χ0n) is 19.4. The summed E-state index contributed by atoms with van der Waals surface area (Å²) >= 11 is 0. The number of allylic oxidation sites excluding steroid dienone is 4. The second-order valence-corrected chi connectivity index (χ2v) is 9.15. The van der Waals surface area contributed by atoms with E-state index in [2.05, 4.69) is 48.5 Å². The minimum atomic E-state index is -0.806. The fourth-order valence-corrected chi connectivity index (χ4v) is 4.88. The van der Waals surface area contributed by atoms with Crippen LogP contribution in [-0.4, -0.2) is 29.5 Å². The quantitative estimate of drug-likeness (QED) is 0.358. The molecule has 2 atom stereocenters. The smallest absolute Gasteiger partial charge is 0.146 e. The molecule has 4 heterocycles. The third-order valence-corrected chi connectivity index (χ3v) is 7.03. The lowest BCUT2D eigenvalue weighted by Gasteiger charge is -2.26. The van der Waals surface area contributed by atoms with Crippen LogP contribution >= 0.6 is 0 Å². The zero-order chi connectivity index (χ0) is 24.2. The monoisotopic (exact) mass is 465 g/mol. The van der Waals surface area contributed by atoms with E-state index >= 15 is 0 Å². The van der Waals surface area contributed by atoms with Crippen LogP contribution in [0.2, 0.25) is 0 Å². The van der Waals surface area contributed by atoms with E-state index < -0.39 is 5.41 Å². The Kier molecular flexibility index (Phi) is 4.77. The fourth-order valence-electron chi connectivity index (χ4n) is 4.88. The summed E-state index contributed by atoms with van der Waals surface area (Å²) in [5.41, 5.74) is 9.07. The highest BCUT2D eigenvalue weighted by atomic mass is 19.1. The van der Waals surface area contributed by atoms with Crippen molar-refractivity contribution in [2.24, 2.45) is 0 Å². The van der Waals surface area contributed by atoms with Gasteiger partial charge in [-0.1, -0.05) is 30.4 Å². The fraction of sp³-hybridized carbons (Fsp3) is 0.185. The highest BCUT2D eigenvalue weighted by molar-refractivity contribution is 6.07. The van der Waals surface area contributed by atoms with Crippen LogP contribution in [0.3, 0.4) is 0 Å². The molecule has 8 heteroatoms. The lowest BCUT2D eigenvalue weighted by atomic mass is 9.82. The summed E-state index contributed by atoms with van der Waals surface area (Å²) in [7, 11) is 0. The Hall–Kier alpha value is -4.33. The summed E-state index contributed by atoms with van der Waals surface area (Å²) in [6.45, 7) is 3.92. The van der Waals surface area contributed by atoms with Crippen LogP contribution in [0.25, 0.3) is 32.9 Å². The number of fused-ring (bicyclic) bond motifs is 2. The van der Waals surface area contributed by atoms with Crippen LogP contribution in [0.1, 0.15) is 37.8 Å². The molecule has 0 saturated heterocycles. The first-order valence-electron chi connectivity index (χ1n) is 11.5. The van der Waals surface area contributed by atoms with Crippen molar-refractivity contribution in [3.05, 3.63) is 91.0 Å². The number of imidazole rings is 1. The first-order valence-corrected chi connectivity index (χ1v) is 11.5. The molecule has 1 aliphatic carbocycles. The number of benzene rings is 1. The topological polar surface area (TPSA) is 98.3 Å². The molecule has 6 rings (SSSR count). The minimum Gasteiger partial charge on any atom is -0.383 e. The first-order chi connectivity index (χ1) is 17.0. The molecule has 0 amide bonds. The van der Waals surface area contributed by atoms with Gasteiger partial charge in [0, 0.05) is 29.5 Å². The summed E-state index contributed by atoms with van der Waals surface area (Å²) in [6, 6.07) is 7.96. The van der Waals surface area contributed by atoms with Gasteiger partial charge in [0.2, 0.25) is 0 Å². The van der Waals surface area contributed by atoms with Crippen molar-refractivity contribution in [1.82, 2.24) is 29.5 Å². The van der Waals surface area contributed by atoms with Crippen LogP contribution < -0.4 is 5.73 Å². The highest BCUT2D eigenvalue weighted by Gasteiger charge is 2.35. The van der Waals surface area contributed by atoms with Gasteiger partial charge in [0.25, 0.3) is 0 Å². The van der Waals surface area contributed by atoms with Crippen LogP contribution in [0, 0.1) is 0 Å². The molecule has 0 saturated carbocycles. The highest BCUT2D eigenvalue weighted by Crippen LogP contribution is 2.40. The number of hydrogen-bond donors (Lipinski definition) is 2.